The van der Waals surface area contributed by atoms with E-state index in [1.165, 1.54) is 74.5 Å². The van der Waals surface area contributed by atoms with Crippen molar-refractivity contribution in [1.29, 1.82) is 0 Å². The summed E-state index contributed by atoms with van der Waals surface area (Å²) in [6.07, 6.45) is 6.25. The van der Waals surface area contributed by atoms with Crippen molar-refractivity contribution >= 4 is 8.80 Å². The Morgan fingerprint density at radius 3 is 1.97 bits per heavy atom. The number of rotatable bonds is 8. The molecule has 0 aromatic heterocycles. The Balaban J connectivity index is 1.33. The van der Waals surface area contributed by atoms with Gasteiger partial charge in [0.25, 0.3) is 0 Å². The summed E-state index contributed by atoms with van der Waals surface area (Å²) >= 11 is 0. The van der Waals surface area contributed by atoms with Crippen LogP contribution >= 0.6 is 0 Å². The Morgan fingerprint density at radius 1 is 0.833 bits per heavy atom. The van der Waals surface area contributed by atoms with E-state index < -0.39 is 32.5 Å². The summed E-state index contributed by atoms with van der Waals surface area (Å²) in [4.78, 5) is 0. The Labute approximate surface area is 213 Å². The zero-order chi connectivity index (χ0) is 25.7. The van der Waals surface area contributed by atoms with Gasteiger partial charge in [-0.1, -0.05) is 69.3 Å². The van der Waals surface area contributed by atoms with Gasteiger partial charge in [-0.15, -0.1) is 13.2 Å². The molecule has 0 bridgehead atoms. The third kappa shape index (κ3) is 7.11. The first-order valence-corrected chi connectivity index (χ1v) is 16.0. The van der Waals surface area contributed by atoms with Gasteiger partial charge < -0.3 is 4.74 Å². The first kappa shape index (κ1) is 27.1. The Morgan fingerprint density at radius 2 is 1.42 bits per heavy atom. The molecule has 1 aliphatic carbocycles. The van der Waals surface area contributed by atoms with Crippen molar-refractivity contribution in [3.8, 4) is 16.9 Å². The molecule has 0 spiro atoms. The maximum absolute atomic E-state index is 15.0. The minimum Gasteiger partial charge on any atom is -0.406 e. The maximum atomic E-state index is 15.0. The van der Waals surface area contributed by atoms with Crippen LogP contribution in [-0.2, 0) is 0 Å². The quantitative estimate of drug-likeness (QED) is 0.190. The van der Waals surface area contributed by atoms with Gasteiger partial charge in [-0.3, -0.25) is 0 Å². The minimum atomic E-state index is -4.81. The molecule has 0 amide bonds. The van der Waals surface area contributed by atoms with Crippen LogP contribution in [0.4, 0.5) is 22.0 Å². The molecule has 2 aromatic rings. The average Bonchev–Trinajstić information content (AvgIpc) is 2.84. The van der Waals surface area contributed by atoms with Crippen molar-refractivity contribution in [2.75, 3.05) is 0 Å². The molecule has 2 aromatic carbocycles. The molecule has 1 saturated carbocycles. The summed E-state index contributed by atoms with van der Waals surface area (Å²) in [6, 6.07) is 12.0. The fourth-order valence-electron chi connectivity index (χ4n) is 6.48. The molecule has 1 nitrogen and oxygen atoms in total. The van der Waals surface area contributed by atoms with E-state index in [-0.39, 0.29) is 17.0 Å². The predicted molar refractivity (Wildman–Crippen MR) is 137 cm³/mol. The van der Waals surface area contributed by atoms with Crippen molar-refractivity contribution in [2.24, 2.45) is 11.8 Å². The molecule has 7 heteroatoms. The van der Waals surface area contributed by atoms with Crippen molar-refractivity contribution in [1.82, 2.24) is 0 Å². The largest absolute Gasteiger partial charge is 0.573 e. The second kappa shape index (κ2) is 12.1. The standard InChI is InChI=1S/C29H37F5OSi/c1-2-3-4-15-36-16-13-22(14-17-36)20-5-7-21(8-6-20)24-18-26(30)28(27(31)19-24)23-9-11-25(12-10-23)35-29(32,33)34/h9-12,18-22,36H,2-8,13-17H2,1H3. The molecule has 0 N–H and O–H groups in total. The zero-order valence-corrected chi connectivity index (χ0v) is 22.2. The number of halogens is 5. The predicted octanol–water partition coefficient (Wildman–Crippen LogP) is 9.63. The van der Waals surface area contributed by atoms with Crippen molar-refractivity contribution in [3.63, 3.8) is 0 Å². The van der Waals surface area contributed by atoms with Crippen LogP contribution in [0.1, 0.15) is 76.2 Å². The molecule has 1 saturated heterocycles. The van der Waals surface area contributed by atoms with E-state index in [0.717, 1.165) is 49.7 Å². The molecular weight excluding hydrogens is 487 g/mol. The first-order valence-electron chi connectivity index (χ1n) is 13.6. The van der Waals surface area contributed by atoms with E-state index in [0.29, 0.717) is 5.56 Å². The summed E-state index contributed by atoms with van der Waals surface area (Å²) < 4.78 is 70.9. The minimum absolute atomic E-state index is 0.154. The molecule has 1 heterocycles. The highest BCUT2D eigenvalue weighted by molar-refractivity contribution is 6.58. The first-order chi connectivity index (χ1) is 17.2. The summed E-state index contributed by atoms with van der Waals surface area (Å²) in [5, 5.41) is 0. The van der Waals surface area contributed by atoms with Crippen LogP contribution < -0.4 is 4.74 Å². The van der Waals surface area contributed by atoms with Gasteiger partial charge in [0.2, 0.25) is 0 Å². The molecule has 198 valence electrons. The third-order valence-corrected chi connectivity index (χ3v) is 12.0. The van der Waals surface area contributed by atoms with E-state index in [4.69, 9.17) is 0 Å². The fraction of sp³-hybridized carbons (Fsp3) is 0.586. The zero-order valence-electron chi connectivity index (χ0n) is 21.1. The number of ether oxygens (including phenoxy) is 1. The van der Waals surface area contributed by atoms with Crippen LogP contribution in [0.2, 0.25) is 18.1 Å². The van der Waals surface area contributed by atoms with Gasteiger partial charge in [-0.2, -0.15) is 0 Å². The van der Waals surface area contributed by atoms with E-state index in [1.807, 2.05) is 0 Å². The summed E-state index contributed by atoms with van der Waals surface area (Å²) in [6.45, 7) is 2.27. The Bertz CT molecular complexity index is 951. The molecule has 36 heavy (non-hydrogen) atoms. The van der Waals surface area contributed by atoms with Crippen molar-refractivity contribution in [2.45, 2.75) is 95.1 Å². The third-order valence-electron chi connectivity index (χ3n) is 8.46. The number of alkyl halides is 3. The van der Waals surface area contributed by atoms with Gasteiger partial charge in [0.1, 0.15) is 17.4 Å². The fourth-order valence-corrected chi connectivity index (χ4v) is 10.0. The lowest BCUT2D eigenvalue weighted by Crippen LogP contribution is -2.28. The summed E-state index contributed by atoms with van der Waals surface area (Å²) in [7, 11) is -0.507. The lowest BCUT2D eigenvalue weighted by atomic mass is 9.72. The highest BCUT2D eigenvalue weighted by Crippen LogP contribution is 2.44. The monoisotopic (exact) mass is 524 g/mol. The maximum Gasteiger partial charge on any atom is 0.573 e. The second-order valence-electron chi connectivity index (χ2n) is 10.8. The van der Waals surface area contributed by atoms with E-state index >= 15 is 0 Å². The number of hydrogen-bond acceptors (Lipinski definition) is 1. The van der Waals surface area contributed by atoms with E-state index in [1.54, 1.807) is 0 Å². The van der Waals surface area contributed by atoms with E-state index in [2.05, 4.69) is 11.7 Å². The van der Waals surface area contributed by atoms with Gasteiger partial charge in [0, 0.05) is 8.80 Å². The number of benzene rings is 2. The van der Waals surface area contributed by atoms with Crippen LogP contribution in [0.25, 0.3) is 11.1 Å². The Kier molecular flexibility index (Phi) is 9.13. The summed E-state index contributed by atoms with van der Waals surface area (Å²) in [5.74, 6) is -0.0421. The molecule has 1 aliphatic heterocycles. The molecule has 0 radical (unpaired) electrons. The van der Waals surface area contributed by atoms with Crippen molar-refractivity contribution in [3.05, 3.63) is 53.6 Å². The lowest BCUT2D eigenvalue weighted by Gasteiger charge is -2.37. The number of unbranched alkanes of at least 4 members (excludes halogenated alkanes) is 2. The van der Waals surface area contributed by atoms with Crippen LogP contribution in [0, 0.1) is 23.5 Å². The topological polar surface area (TPSA) is 9.23 Å². The highest BCUT2D eigenvalue weighted by atomic mass is 28.3. The van der Waals surface area contributed by atoms with Crippen LogP contribution in [0.15, 0.2) is 36.4 Å². The van der Waals surface area contributed by atoms with E-state index in [9.17, 15) is 22.0 Å². The molecule has 0 atom stereocenters. The van der Waals surface area contributed by atoms with Crippen LogP contribution in [0.5, 0.6) is 5.75 Å². The molecule has 2 aliphatic rings. The van der Waals surface area contributed by atoms with Gasteiger partial charge in [0.15, 0.2) is 0 Å². The molecule has 0 unspecified atom stereocenters. The van der Waals surface area contributed by atoms with Gasteiger partial charge in [0.05, 0.1) is 5.56 Å². The van der Waals surface area contributed by atoms with Crippen LogP contribution in [-0.4, -0.2) is 15.2 Å². The van der Waals surface area contributed by atoms with Crippen LogP contribution in [0.3, 0.4) is 0 Å². The molecule has 4 rings (SSSR count). The highest BCUT2D eigenvalue weighted by Gasteiger charge is 2.33. The smallest absolute Gasteiger partial charge is 0.406 e. The molecular formula is C29H37F5OSi. The average molecular weight is 525 g/mol. The number of hydrogen-bond donors (Lipinski definition) is 0. The lowest BCUT2D eigenvalue weighted by molar-refractivity contribution is -0.274. The van der Waals surface area contributed by atoms with Gasteiger partial charge in [-0.25, -0.2) is 8.78 Å². The van der Waals surface area contributed by atoms with Gasteiger partial charge >= 0.3 is 6.36 Å². The SMILES string of the molecule is CCCCC[SiH]1CCC(C2CCC(c3cc(F)c(-c4ccc(OC(F)(F)F)cc4)c(F)c3)CC2)CC1. The second-order valence-corrected chi connectivity index (χ2v) is 14.3. The normalized spacial score (nSPS) is 25.1. The Hall–Kier alpha value is -1.89. The van der Waals surface area contributed by atoms with Gasteiger partial charge in [-0.05, 0) is 78.8 Å². The summed E-state index contributed by atoms with van der Waals surface area (Å²) in [5.41, 5.74) is 0.658. The van der Waals surface area contributed by atoms with Crippen molar-refractivity contribution < 1.29 is 26.7 Å². The molecule has 2 fully saturated rings.